The highest BCUT2D eigenvalue weighted by Gasteiger charge is 2.25. The minimum atomic E-state index is -0.492. The van der Waals surface area contributed by atoms with E-state index in [9.17, 15) is 9.59 Å². The summed E-state index contributed by atoms with van der Waals surface area (Å²) in [6, 6.07) is 19.0. The predicted octanol–water partition coefficient (Wildman–Crippen LogP) is 4.58. The first-order chi connectivity index (χ1) is 15.0. The molecule has 1 amide bonds. The van der Waals surface area contributed by atoms with E-state index in [4.69, 9.17) is 10.00 Å². The smallest absolute Gasteiger partial charge is 0.358 e. The van der Waals surface area contributed by atoms with Gasteiger partial charge in [0, 0.05) is 17.0 Å². The number of thiazole rings is 1. The molecular weight excluding hydrogens is 410 g/mol. The minimum Gasteiger partial charge on any atom is -0.461 e. The van der Waals surface area contributed by atoms with Crippen molar-refractivity contribution in [2.45, 2.75) is 26.7 Å². The van der Waals surface area contributed by atoms with E-state index >= 15 is 0 Å². The molecule has 0 aliphatic rings. The number of aryl methyl sites for hydroxylation is 1. The molecule has 0 aliphatic carbocycles. The van der Waals surface area contributed by atoms with Gasteiger partial charge in [0.1, 0.15) is 0 Å². The van der Waals surface area contributed by atoms with E-state index in [-0.39, 0.29) is 24.6 Å². The van der Waals surface area contributed by atoms with Gasteiger partial charge in [-0.25, -0.2) is 9.78 Å². The van der Waals surface area contributed by atoms with Crippen LogP contribution in [-0.4, -0.2) is 30.0 Å². The van der Waals surface area contributed by atoms with Crippen molar-refractivity contribution in [3.8, 4) is 6.07 Å². The summed E-state index contributed by atoms with van der Waals surface area (Å²) in [5.41, 5.74) is 2.58. The van der Waals surface area contributed by atoms with Gasteiger partial charge in [0.25, 0.3) is 5.91 Å². The van der Waals surface area contributed by atoms with Crippen LogP contribution in [0.4, 0.5) is 5.13 Å². The van der Waals surface area contributed by atoms with E-state index in [2.05, 4.69) is 11.1 Å². The van der Waals surface area contributed by atoms with Crippen LogP contribution >= 0.6 is 11.3 Å². The normalized spacial score (nSPS) is 10.4. The lowest BCUT2D eigenvalue weighted by atomic mass is 10.1. The summed E-state index contributed by atoms with van der Waals surface area (Å²) in [5.74, 6) is -0.714. The molecule has 1 aromatic heterocycles. The molecule has 0 fully saturated rings. The number of ether oxygens (including phenoxy) is 1. The summed E-state index contributed by atoms with van der Waals surface area (Å²) < 4.78 is 5.09. The summed E-state index contributed by atoms with van der Waals surface area (Å²) in [6.07, 6.45) is 0.867. The highest BCUT2D eigenvalue weighted by atomic mass is 32.1. The van der Waals surface area contributed by atoms with Crippen molar-refractivity contribution in [3.63, 3.8) is 0 Å². The topological polar surface area (TPSA) is 83.3 Å². The summed E-state index contributed by atoms with van der Waals surface area (Å²) >= 11 is 1.29. The Morgan fingerprint density at radius 2 is 1.87 bits per heavy atom. The van der Waals surface area contributed by atoms with E-state index < -0.39 is 5.97 Å². The molecule has 158 valence electrons. The second-order valence-corrected chi connectivity index (χ2v) is 8.03. The Balaban J connectivity index is 1.94. The van der Waals surface area contributed by atoms with Crippen molar-refractivity contribution in [2.75, 3.05) is 18.1 Å². The number of carbonyl (C=O) groups is 2. The lowest BCUT2D eigenvalue weighted by Gasteiger charge is -2.20. The number of esters is 1. The van der Waals surface area contributed by atoms with Crippen LogP contribution in [-0.2, 0) is 17.6 Å². The second-order valence-electron chi connectivity index (χ2n) is 6.85. The van der Waals surface area contributed by atoms with Crippen LogP contribution < -0.4 is 4.90 Å². The number of aromatic nitrogens is 1. The number of hydrogen-bond acceptors (Lipinski definition) is 6. The van der Waals surface area contributed by atoms with Crippen molar-refractivity contribution in [1.29, 1.82) is 5.26 Å². The van der Waals surface area contributed by atoms with E-state index in [1.807, 2.05) is 36.4 Å². The fourth-order valence-electron chi connectivity index (χ4n) is 3.12. The van der Waals surface area contributed by atoms with Crippen LogP contribution in [0.15, 0.2) is 54.6 Å². The quantitative estimate of drug-likeness (QED) is 0.486. The Morgan fingerprint density at radius 1 is 1.13 bits per heavy atom. The number of nitrogens with zero attached hydrogens (tertiary/aromatic N) is 3. The number of benzene rings is 2. The van der Waals surface area contributed by atoms with Gasteiger partial charge in [0.15, 0.2) is 10.8 Å². The van der Waals surface area contributed by atoms with Crippen LogP contribution in [0.5, 0.6) is 0 Å². The van der Waals surface area contributed by atoms with Gasteiger partial charge in [0.05, 0.1) is 19.1 Å². The molecule has 0 unspecified atom stereocenters. The van der Waals surface area contributed by atoms with Crippen molar-refractivity contribution in [2.24, 2.45) is 0 Å². The zero-order chi connectivity index (χ0) is 22.2. The van der Waals surface area contributed by atoms with Gasteiger partial charge < -0.3 is 4.74 Å². The van der Waals surface area contributed by atoms with E-state index in [1.54, 1.807) is 36.9 Å². The van der Waals surface area contributed by atoms with Gasteiger partial charge in [-0.3, -0.25) is 9.69 Å². The first-order valence-corrected chi connectivity index (χ1v) is 10.8. The maximum Gasteiger partial charge on any atom is 0.358 e. The van der Waals surface area contributed by atoms with Gasteiger partial charge in [-0.2, -0.15) is 5.26 Å². The maximum atomic E-state index is 13.4. The number of amides is 1. The highest BCUT2D eigenvalue weighted by molar-refractivity contribution is 7.16. The molecule has 7 heteroatoms. The monoisotopic (exact) mass is 433 g/mol. The number of nitriles is 1. The maximum absolute atomic E-state index is 13.4. The summed E-state index contributed by atoms with van der Waals surface area (Å²) in [6.45, 7) is 4.19. The molecule has 6 nitrogen and oxygen atoms in total. The van der Waals surface area contributed by atoms with Crippen LogP contribution in [0.3, 0.4) is 0 Å². The fraction of sp³-hybridized carbons (Fsp3) is 0.250. The molecule has 31 heavy (non-hydrogen) atoms. The largest absolute Gasteiger partial charge is 0.461 e. The van der Waals surface area contributed by atoms with Gasteiger partial charge in [-0.15, -0.1) is 11.3 Å². The number of rotatable bonds is 8. The molecule has 0 saturated heterocycles. The van der Waals surface area contributed by atoms with Crippen molar-refractivity contribution in [1.82, 2.24) is 4.98 Å². The third kappa shape index (κ3) is 5.56. The van der Waals surface area contributed by atoms with Crippen LogP contribution in [0, 0.1) is 18.3 Å². The van der Waals surface area contributed by atoms with Crippen LogP contribution in [0.1, 0.15) is 43.8 Å². The fourth-order valence-corrected chi connectivity index (χ4v) is 4.04. The molecule has 2 aromatic carbocycles. The van der Waals surface area contributed by atoms with Gasteiger partial charge in [-0.05, 0) is 43.5 Å². The van der Waals surface area contributed by atoms with E-state index in [0.29, 0.717) is 28.5 Å². The Morgan fingerprint density at radius 3 is 2.58 bits per heavy atom. The average molecular weight is 434 g/mol. The van der Waals surface area contributed by atoms with E-state index in [0.717, 1.165) is 11.1 Å². The molecule has 0 N–H and O–H groups in total. The molecular formula is C24H23N3O3S. The Bertz CT molecular complexity index is 1100. The molecule has 0 radical (unpaired) electrons. The first-order valence-electron chi connectivity index (χ1n) is 9.99. The molecule has 0 aliphatic heterocycles. The number of anilines is 1. The van der Waals surface area contributed by atoms with Gasteiger partial charge >= 0.3 is 5.97 Å². The molecule has 0 atom stereocenters. The average Bonchev–Trinajstić information content (AvgIpc) is 3.16. The lowest BCUT2D eigenvalue weighted by molar-refractivity contribution is 0.0519. The van der Waals surface area contributed by atoms with Gasteiger partial charge in [-0.1, -0.05) is 42.5 Å². The predicted molar refractivity (Wildman–Crippen MR) is 120 cm³/mol. The Labute approximate surface area is 185 Å². The summed E-state index contributed by atoms with van der Waals surface area (Å²) in [5, 5.41) is 9.43. The van der Waals surface area contributed by atoms with E-state index in [1.165, 1.54) is 11.3 Å². The highest BCUT2D eigenvalue weighted by Crippen LogP contribution is 2.28. The van der Waals surface area contributed by atoms with Crippen molar-refractivity contribution in [3.05, 3.63) is 81.9 Å². The number of hydrogen-bond donors (Lipinski definition) is 0. The summed E-state index contributed by atoms with van der Waals surface area (Å²) in [7, 11) is 0. The third-order valence-corrected chi connectivity index (χ3v) is 5.65. The molecule has 3 aromatic rings. The molecule has 0 bridgehead atoms. The van der Waals surface area contributed by atoms with Gasteiger partial charge in [0.2, 0.25) is 0 Å². The van der Waals surface area contributed by atoms with Crippen molar-refractivity contribution >= 4 is 28.3 Å². The third-order valence-electron chi connectivity index (χ3n) is 4.65. The molecule has 0 saturated carbocycles. The minimum absolute atomic E-state index is 0.222. The van der Waals surface area contributed by atoms with Crippen LogP contribution in [0.25, 0.3) is 0 Å². The summed E-state index contributed by atoms with van der Waals surface area (Å²) in [4.78, 5) is 32.4. The Hall–Kier alpha value is -3.50. The second kappa shape index (κ2) is 10.5. The molecule has 0 spiro atoms. The zero-order valence-electron chi connectivity index (χ0n) is 17.5. The standard InChI is InChI=1S/C24H23N3O3S/c1-3-30-23(29)21-17(2)31-24(26-21)27(15-13-18-8-5-4-6-9-18)22(28)20-11-7-10-19(16-20)12-14-25/h4-11,16H,3,12-13,15H2,1-2H3. The molecule has 1 heterocycles. The SMILES string of the molecule is CCOC(=O)c1nc(N(CCc2ccccc2)C(=O)c2cccc(CC#N)c2)sc1C. The lowest BCUT2D eigenvalue weighted by Crippen LogP contribution is -2.33. The van der Waals surface area contributed by atoms with Crippen molar-refractivity contribution < 1.29 is 14.3 Å². The Kier molecular flexibility index (Phi) is 7.52. The first kappa shape index (κ1) is 22.2. The zero-order valence-corrected chi connectivity index (χ0v) is 18.3. The van der Waals surface area contributed by atoms with Crippen LogP contribution in [0.2, 0.25) is 0 Å². The number of carbonyl (C=O) groups excluding carboxylic acids is 2. The molecule has 3 rings (SSSR count).